The molecule has 2 rings (SSSR count). The number of aromatic nitrogens is 2. The molecule has 2 aromatic rings. The molecule has 0 aliphatic heterocycles. The molecule has 0 aliphatic rings. The molecule has 4 nitrogen and oxygen atoms in total. The first kappa shape index (κ1) is 14.3. The molecule has 0 fully saturated rings. The highest BCUT2D eigenvalue weighted by Crippen LogP contribution is 2.19. The maximum Gasteiger partial charge on any atom is 0.212 e. The van der Waals surface area contributed by atoms with Crippen LogP contribution in [0, 0.1) is 11.6 Å². The fourth-order valence-corrected chi connectivity index (χ4v) is 2.57. The van der Waals surface area contributed by atoms with Crippen LogP contribution in [0.2, 0.25) is 0 Å². The first-order valence-corrected chi connectivity index (χ1v) is 7.09. The lowest BCUT2D eigenvalue weighted by Gasteiger charge is -1.99. The smallest absolute Gasteiger partial charge is 0.212 e. The van der Waals surface area contributed by atoms with Crippen molar-refractivity contribution in [2.24, 2.45) is 0 Å². The minimum atomic E-state index is -4.09. The summed E-state index contributed by atoms with van der Waals surface area (Å²) in [5.74, 6) is -3.38. The summed E-state index contributed by atoms with van der Waals surface area (Å²) in [4.78, 5) is 0. The number of nitrogens with one attached hydrogen (secondary N) is 1. The number of rotatable bonds is 4. The second-order valence-corrected chi connectivity index (χ2v) is 5.83. The maximum atomic E-state index is 13.7. The highest BCUT2D eigenvalue weighted by atomic mass is 32.2. The fourth-order valence-electron chi connectivity index (χ4n) is 1.50. The zero-order chi connectivity index (χ0) is 14.8. The van der Waals surface area contributed by atoms with E-state index < -0.39 is 38.1 Å². The second-order valence-electron chi connectivity index (χ2n) is 3.88. The molecular weight excluding hydrogens is 293 g/mol. The number of H-pyrrole nitrogens is 1. The van der Waals surface area contributed by atoms with E-state index in [0.29, 0.717) is 0 Å². The van der Waals surface area contributed by atoms with E-state index >= 15 is 0 Å². The lowest BCUT2D eigenvalue weighted by Crippen LogP contribution is -2.07. The molecule has 1 aromatic carbocycles. The first-order chi connectivity index (χ1) is 9.40. The molecule has 0 saturated carbocycles. The van der Waals surface area contributed by atoms with E-state index in [4.69, 9.17) is 0 Å². The van der Waals surface area contributed by atoms with Crippen molar-refractivity contribution in [2.45, 2.75) is 5.03 Å². The lowest BCUT2D eigenvalue weighted by molar-refractivity contribution is 0.564. The summed E-state index contributed by atoms with van der Waals surface area (Å²) in [5, 5.41) is 4.54. The van der Waals surface area contributed by atoms with Gasteiger partial charge in [0.1, 0.15) is 11.6 Å². The van der Waals surface area contributed by atoms with Crippen LogP contribution >= 0.6 is 0 Å². The standard InChI is InChI=1S/C12H9F3N2O2S/c13-9-3-1-2-8(6-9)10(14)4-5-20(18,19)12-11(15)7-16-17-12/h1-4,6-7H,5H2,(H,16,17). The number of nitrogens with zero attached hydrogens (tertiary/aromatic N) is 1. The zero-order valence-electron chi connectivity index (χ0n) is 9.98. The molecular formula is C12H9F3N2O2S. The van der Waals surface area contributed by atoms with Crippen LogP contribution in [0.5, 0.6) is 0 Å². The van der Waals surface area contributed by atoms with Crippen LogP contribution < -0.4 is 0 Å². The van der Waals surface area contributed by atoms with E-state index in [1.54, 1.807) is 0 Å². The Kier molecular flexibility index (Phi) is 3.93. The van der Waals surface area contributed by atoms with Crippen molar-refractivity contribution in [1.29, 1.82) is 0 Å². The van der Waals surface area contributed by atoms with Gasteiger partial charge in [0.2, 0.25) is 14.9 Å². The Morgan fingerprint density at radius 2 is 2.10 bits per heavy atom. The van der Waals surface area contributed by atoms with E-state index in [1.165, 1.54) is 12.1 Å². The summed E-state index contributed by atoms with van der Waals surface area (Å²) in [7, 11) is -4.09. The van der Waals surface area contributed by atoms with Crippen LogP contribution in [0.4, 0.5) is 13.2 Å². The molecule has 0 bridgehead atoms. The van der Waals surface area contributed by atoms with Gasteiger partial charge in [-0.15, -0.1) is 0 Å². The minimum Gasteiger partial charge on any atom is -0.281 e. The largest absolute Gasteiger partial charge is 0.281 e. The van der Waals surface area contributed by atoms with Gasteiger partial charge >= 0.3 is 0 Å². The summed E-state index contributed by atoms with van der Waals surface area (Å²) < 4.78 is 63.1. The average Bonchev–Trinajstić information content (AvgIpc) is 2.83. The summed E-state index contributed by atoms with van der Waals surface area (Å²) >= 11 is 0. The fraction of sp³-hybridized carbons (Fsp3) is 0.0833. The zero-order valence-corrected chi connectivity index (χ0v) is 10.8. The van der Waals surface area contributed by atoms with Crippen molar-refractivity contribution < 1.29 is 21.6 Å². The van der Waals surface area contributed by atoms with Gasteiger partial charge in [-0.1, -0.05) is 12.1 Å². The Hall–Kier alpha value is -2.09. The van der Waals surface area contributed by atoms with E-state index in [-0.39, 0.29) is 5.56 Å². The van der Waals surface area contributed by atoms with Crippen LogP contribution in [0.1, 0.15) is 5.56 Å². The van der Waals surface area contributed by atoms with Crippen molar-refractivity contribution >= 4 is 15.7 Å². The molecule has 0 saturated heterocycles. The molecule has 8 heteroatoms. The number of sulfone groups is 1. The van der Waals surface area contributed by atoms with Gasteiger partial charge in [0, 0.05) is 5.56 Å². The van der Waals surface area contributed by atoms with Crippen LogP contribution in [0.15, 0.2) is 41.6 Å². The Labute approximate surface area is 112 Å². The van der Waals surface area contributed by atoms with Gasteiger partial charge in [0.05, 0.1) is 11.9 Å². The van der Waals surface area contributed by atoms with E-state index in [9.17, 15) is 21.6 Å². The number of hydrogen-bond donors (Lipinski definition) is 1. The predicted molar refractivity (Wildman–Crippen MR) is 66.1 cm³/mol. The van der Waals surface area contributed by atoms with Crippen LogP contribution in [-0.4, -0.2) is 24.4 Å². The topological polar surface area (TPSA) is 62.8 Å². The third kappa shape index (κ3) is 3.08. The molecule has 1 aromatic heterocycles. The summed E-state index contributed by atoms with van der Waals surface area (Å²) in [6, 6.07) is 4.64. The number of aromatic amines is 1. The monoisotopic (exact) mass is 302 g/mol. The third-order valence-electron chi connectivity index (χ3n) is 2.44. The molecule has 0 amide bonds. The van der Waals surface area contributed by atoms with E-state index in [0.717, 1.165) is 24.4 Å². The molecule has 106 valence electrons. The van der Waals surface area contributed by atoms with Gasteiger partial charge in [-0.25, -0.2) is 21.6 Å². The highest BCUT2D eigenvalue weighted by Gasteiger charge is 2.21. The third-order valence-corrected chi connectivity index (χ3v) is 3.92. The molecule has 1 heterocycles. The normalized spacial score (nSPS) is 12.7. The molecule has 1 N–H and O–H groups in total. The molecule has 0 radical (unpaired) electrons. The number of hydrogen-bond acceptors (Lipinski definition) is 3. The molecule has 0 atom stereocenters. The van der Waals surface area contributed by atoms with E-state index in [2.05, 4.69) is 10.2 Å². The predicted octanol–water partition coefficient (Wildman–Crippen LogP) is 2.47. The van der Waals surface area contributed by atoms with Crippen molar-refractivity contribution in [3.8, 4) is 0 Å². The van der Waals surface area contributed by atoms with Gasteiger partial charge in [0.15, 0.2) is 5.82 Å². The van der Waals surface area contributed by atoms with Crippen molar-refractivity contribution in [1.82, 2.24) is 10.2 Å². The Morgan fingerprint density at radius 3 is 2.70 bits per heavy atom. The van der Waals surface area contributed by atoms with Crippen molar-refractivity contribution in [2.75, 3.05) is 5.75 Å². The quantitative estimate of drug-likeness (QED) is 0.943. The molecule has 0 aliphatic carbocycles. The van der Waals surface area contributed by atoms with Gasteiger partial charge in [-0.3, -0.25) is 5.10 Å². The van der Waals surface area contributed by atoms with E-state index in [1.807, 2.05) is 0 Å². The van der Waals surface area contributed by atoms with Crippen molar-refractivity contribution in [3.05, 3.63) is 53.7 Å². The average molecular weight is 302 g/mol. The lowest BCUT2D eigenvalue weighted by atomic mass is 10.2. The Bertz CT molecular complexity index is 754. The minimum absolute atomic E-state index is 0.0947. The van der Waals surface area contributed by atoms with Gasteiger partial charge in [0.25, 0.3) is 0 Å². The van der Waals surface area contributed by atoms with Gasteiger partial charge in [-0.2, -0.15) is 5.10 Å². The Balaban J connectivity index is 2.23. The summed E-state index contributed by atoms with van der Waals surface area (Å²) in [5.41, 5.74) is -0.0947. The van der Waals surface area contributed by atoms with Gasteiger partial charge in [-0.05, 0) is 18.2 Å². The molecule has 0 unspecified atom stereocenters. The Morgan fingerprint density at radius 1 is 1.35 bits per heavy atom. The van der Waals surface area contributed by atoms with Crippen LogP contribution in [0.3, 0.4) is 0 Å². The summed E-state index contributed by atoms with van der Waals surface area (Å²) in [6.07, 6.45) is 1.51. The number of benzene rings is 1. The first-order valence-electron chi connectivity index (χ1n) is 5.44. The molecule has 20 heavy (non-hydrogen) atoms. The SMILES string of the molecule is O=S(=O)(CC=C(F)c1cccc(F)c1)c1n[nH]cc1F. The van der Waals surface area contributed by atoms with Gasteiger partial charge < -0.3 is 0 Å². The second kappa shape index (κ2) is 5.49. The van der Waals surface area contributed by atoms with Crippen molar-refractivity contribution in [3.63, 3.8) is 0 Å². The molecule has 0 spiro atoms. The van der Waals surface area contributed by atoms with Crippen LogP contribution in [0.25, 0.3) is 5.83 Å². The number of halogens is 3. The summed E-state index contributed by atoms with van der Waals surface area (Å²) in [6.45, 7) is 0. The maximum absolute atomic E-state index is 13.7. The highest BCUT2D eigenvalue weighted by molar-refractivity contribution is 7.91. The van der Waals surface area contributed by atoms with Crippen LogP contribution in [-0.2, 0) is 9.84 Å².